The van der Waals surface area contributed by atoms with Gasteiger partial charge in [0.1, 0.15) is 24.2 Å². The van der Waals surface area contributed by atoms with E-state index < -0.39 is 131 Å². The predicted molar refractivity (Wildman–Crippen MR) is 263 cm³/mol. The fourth-order valence-electron chi connectivity index (χ4n) is 8.45. The van der Waals surface area contributed by atoms with Crippen LogP contribution in [0, 0.1) is 10.8 Å². The van der Waals surface area contributed by atoms with Crippen molar-refractivity contribution in [1.29, 1.82) is 0 Å². The smallest absolute Gasteiger partial charge is 0.246 e. The minimum Gasteiger partial charge on any atom is -0.351 e. The Morgan fingerprint density at radius 1 is 0.565 bits per heavy atom. The minimum absolute atomic E-state index is 0.0314. The lowest BCUT2D eigenvalue weighted by Crippen LogP contribution is -2.59. The minimum atomic E-state index is -1.36. The maximum absolute atomic E-state index is 14.5. The standard InChI is InChI=1S/C50H77N11O8/c1-28(32-19-15-13-16-20-32)54-45(66)37-23-34(26-60(37)47(68)40(49(5,6)7)58-42(63)30(3)52-11)56-39(62)25-36(51)44(65)57-35-24-38(46(67)55-29(2)33-21-17-14-18-22-33)61(27-35)48(69)41(50(8,9)10)59-43(64)31(4)53-12/h13-22,28-31,34-38,40-41,52-53H,23-27,51H2,1-12H3,(H,54,66)(H,55,67)(H,56,62)(H,57,65)(H,58,63)(H,59,64)/t28-,29-,30+,31+,34+,35+,36+,37+,38+,40-,41-/m1/s1. The van der Waals surface area contributed by atoms with Gasteiger partial charge in [-0.15, -0.1) is 0 Å². The van der Waals surface area contributed by atoms with Crippen molar-refractivity contribution >= 4 is 47.3 Å². The van der Waals surface area contributed by atoms with Gasteiger partial charge in [0.05, 0.1) is 36.6 Å². The number of hydrogen-bond acceptors (Lipinski definition) is 11. The molecule has 2 saturated heterocycles. The third-order valence-corrected chi connectivity index (χ3v) is 13.0. The molecule has 0 radical (unpaired) electrons. The first-order chi connectivity index (χ1) is 32.3. The molecular formula is C50H77N11O8. The quantitative estimate of drug-likeness (QED) is 0.0956. The van der Waals surface area contributed by atoms with Gasteiger partial charge in [0.2, 0.25) is 47.3 Å². The second-order valence-electron chi connectivity index (χ2n) is 20.7. The fourth-order valence-corrected chi connectivity index (χ4v) is 8.45. The van der Waals surface area contributed by atoms with E-state index in [0.29, 0.717) is 0 Å². The van der Waals surface area contributed by atoms with Gasteiger partial charge < -0.3 is 58.1 Å². The molecule has 2 heterocycles. The van der Waals surface area contributed by atoms with Crippen LogP contribution in [0.15, 0.2) is 60.7 Å². The largest absolute Gasteiger partial charge is 0.351 e. The van der Waals surface area contributed by atoms with Gasteiger partial charge in [-0.25, -0.2) is 0 Å². The van der Waals surface area contributed by atoms with Gasteiger partial charge in [0.25, 0.3) is 0 Å². The zero-order chi connectivity index (χ0) is 51.5. The summed E-state index contributed by atoms with van der Waals surface area (Å²) in [5.41, 5.74) is 6.54. The van der Waals surface area contributed by atoms with Crippen LogP contribution in [0.2, 0.25) is 0 Å². The van der Waals surface area contributed by atoms with Gasteiger partial charge in [0.15, 0.2) is 0 Å². The summed E-state index contributed by atoms with van der Waals surface area (Å²) in [6.45, 7) is 17.7. The van der Waals surface area contributed by atoms with Crippen molar-refractivity contribution < 1.29 is 38.4 Å². The van der Waals surface area contributed by atoms with Crippen LogP contribution in [0.25, 0.3) is 0 Å². The van der Waals surface area contributed by atoms with Gasteiger partial charge in [-0.1, -0.05) is 102 Å². The Balaban J connectivity index is 1.50. The van der Waals surface area contributed by atoms with E-state index in [2.05, 4.69) is 42.5 Å². The lowest BCUT2D eigenvalue weighted by atomic mass is 9.85. The highest BCUT2D eigenvalue weighted by Gasteiger charge is 2.48. The summed E-state index contributed by atoms with van der Waals surface area (Å²) < 4.78 is 0. The normalized spacial score (nSPS) is 21.3. The molecule has 2 aliphatic rings. The molecular weight excluding hydrogens is 883 g/mol. The van der Waals surface area contributed by atoms with Crippen molar-refractivity contribution in [2.24, 2.45) is 16.6 Å². The summed E-state index contributed by atoms with van der Waals surface area (Å²) >= 11 is 0. The molecule has 19 heteroatoms. The van der Waals surface area contributed by atoms with Crippen LogP contribution in [0.1, 0.15) is 112 Å². The maximum atomic E-state index is 14.5. The van der Waals surface area contributed by atoms with Crippen LogP contribution in [0.5, 0.6) is 0 Å². The monoisotopic (exact) mass is 960 g/mol. The average molecular weight is 960 g/mol. The molecule has 2 aliphatic heterocycles. The lowest BCUT2D eigenvalue weighted by Gasteiger charge is -2.36. The maximum Gasteiger partial charge on any atom is 0.246 e. The first-order valence-corrected chi connectivity index (χ1v) is 23.9. The highest BCUT2D eigenvalue weighted by atomic mass is 16.2. The molecule has 0 aliphatic carbocycles. The number of nitrogens with zero attached hydrogens (tertiary/aromatic N) is 2. The number of amides is 8. The molecule has 0 bridgehead atoms. The van der Waals surface area contributed by atoms with Gasteiger partial charge in [0, 0.05) is 25.2 Å². The Bertz CT molecular complexity index is 2130. The predicted octanol–water partition coefficient (Wildman–Crippen LogP) is 0.908. The Kier molecular flexibility index (Phi) is 19.4. The molecule has 0 spiro atoms. The molecule has 2 aromatic carbocycles. The molecule has 4 rings (SSSR count). The molecule has 8 amide bonds. The number of hydrogen-bond donors (Lipinski definition) is 9. The van der Waals surface area contributed by atoms with E-state index in [1.54, 1.807) is 27.9 Å². The van der Waals surface area contributed by atoms with E-state index in [1.807, 2.05) is 116 Å². The molecule has 10 N–H and O–H groups in total. The highest BCUT2D eigenvalue weighted by molar-refractivity contribution is 5.96. The Hall–Kier alpha value is -5.92. The van der Waals surface area contributed by atoms with Crippen LogP contribution >= 0.6 is 0 Å². The summed E-state index contributed by atoms with van der Waals surface area (Å²) in [4.78, 5) is 113. The number of likely N-dealkylation sites (tertiary alicyclic amines) is 2. The van der Waals surface area contributed by atoms with E-state index in [4.69, 9.17) is 5.73 Å². The van der Waals surface area contributed by atoms with Crippen molar-refractivity contribution in [3.63, 3.8) is 0 Å². The third kappa shape index (κ3) is 15.0. The van der Waals surface area contributed by atoms with Crippen LogP contribution in [0.4, 0.5) is 0 Å². The molecule has 2 fully saturated rings. The number of benzene rings is 2. The molecule has 2 aromatic rings. The third-order valence-electron chi connectivity index (χ3n) is 13.0. The lowest BCUT2D eigenvalue weighted by molar-refractivity contribution is -0.144. The highest BCUT2D eigenvalue weighted by Crippen LogP contribution is 2.29. The topological polar surface area (TPSA) is 265 Å². The summed E-state index contributed by atoms with van der Waals surface area (Å²) in [6, 6.07) is 9.73. The molecule has 19 nitrogen and oxygen atoms in total. The first kappa shape index (κ1) is 55.7. The van der Waals surface area contributed by atoms with Crippen molar-refractivity contribution in [1.82, 2.24) is 52.3 Å². The number of nitrogens with two attached hydrogens (primary N) is 1. The molecule has 0 saturated carbocycles. The van der Waals surface area contributed by atoms with Crippen molar-refractivity contribution in [2.75, 3.05) is 27.2 Å². The van der Waals surface area contributed by atoms with Crippen LogP contribution < -0.4 is 48.3 Å². The van der Waals surface area contributed by atoms with Gasteiger partial charge in [-0.05, 0) is 76.6 Å². The Morgan fingerprint density at radius 2 is 0.928 bits per heavy atom. The van der Waals surface area contributed by atoms with Crippen LogP contribution in [-0.4, -0.2) is 139 Å². The number of carbonyl (C=O) groups is 8. The molecule has 69 heavy (non-hydrogen) atoms. The Morgan fingerprint density at radius 3 is 1.28 bits per heavy atom. The van der Waals surface area contributed by atoms with E-state index in [1.165, 1.54) is 9.80 Å². The summed E-state index contributed by atoms with van der Waals surface area (Å²) in [5.74, 6) is -3.97. The van der Waals surface area contributed by atoms with Gasteiger partial charge in [-0.2, -0.15) is 0 Å². The number of likely N-dealkylation sites (N-methyl/N-ethyl adjacent to an activating group) is 2. The van der Waals surface area contributed by atoms with Gasteiger partial charge in [-0.3, -0.25) is 38.4 Å². The number of nitrogens with one attached hydrogen (secondary N) is 8. The van der Waals surface area contributed by atoms with Gasteiger partial charge >= 0.3 is 0 Å². The second kappa shape index (κ2) is 24.1. The van der Waals surface area contributed by atoms with Crippen molar-refractivity contribution in [2.45, 2.75) is 155 Å². The first-order valence-electron chi connectivity index (χ1n) is 23.9. The zero-order valence-electron chi connectivity index (χ0n) is 42.4. The van der Waals surface area contributed by atoms with Crippen molar-refractivity contribution in [3.8, 4) is 0 Å². The fraction of sp³-hybridized carbons (Fsp3) is 0.600. The zero-order valence-corrected chi connectivity index (χ0v) is 42.4. The molecule has 0 unspecified atom stereocenters. The van der Waals surface area contributed by atoms with E-state index >= 15 is 0 Å². The summed E-state index contributed by atoms with van der Waals surface area (Å²) in [5, 5.41) is 23.2. The van der Waals surface area contributed by atoms with Crippen molar-refractivity contribution in [3.05, 3.63) is 71.8 Å². The number of carbonyl (C=O) groups excluding carboxylic acids is 8. The van der Waals surface area contributed by atoms with E-state index in [-0.39, 0.29) is 25.9 Å². The second-order valence-corrected chi connectivity index (χ2v) is 20.7. The molecule has 380 valence electrons. The Labute approximate surface area is 407 Å². The SMILES string of the molecule is CN[C@@H](C)C(=O)N[C@H](C(=O)N1C[C@@H](NC(=O)C[C@H](N)C(=O)N[C@H]2C[C@@H](C(=O)N[C@H](C)c3ccccc3)N(C(=O)[C@@H](NC(=O)[C@H](C)NC)C(C)(C)C)C2)C[C@H]1C(=O)N[C@H](C)c1ccccc1)C(C)(C)C. The summed E-state index contributed by atoms with van der Waals surface area (Å²) in [6.07, 6.45) is -0.383. The number of rotatable bonds is 19. The average Bonchev–Trinajstić information content (AvgIpc) is 3.93. The molecule has 0 aromatic heterocycles. The molecule has 11 atom stereocenters. The summed E-state index contributed by atoms with van der Waals surface area (Å²) in [7, 11) is 3.26. The van der Waals surface area contributed by atoms with Crippen LogP contribution in [-0.2, 0) is 38.4 Å². The van der Waals surface area contributed by atoms with Crippen LogP contribution in [0.3, 0.4) is 0 Å². The van der Waals surface area contributed by atoms with E-state index in [9.17, 15) is 38.4 Å². The van der Waals surface area contributed by atoms with E-state index in [0.717, 1.165) is 11.1 Å².